The lowest BCUT2D eigenvalue weighted by Crippen LogP contribution is -2.34. The van der Waals surface area contributed by atoms with Gasteiger partial charge in [0.05, 0.1) is 22.8 Å². The third-order valence-electron chi connectivity index (χ3n) is 3.91. The summed E-state index contributed by atoms with van der Waals surface area (Å²) < 4.78 is 34.6. The lowest BCUT2D eigenvalue weighted by atomic mass is 10.2. The number of sulfonamides is 1. The van der Waals surface area contributed by atoms with Crippen LogP contribution in [0.5, 0.6) is 5.75 Å². The molecule has 1 aromatic heterocycles. The van der Waals surface area contributed by atoms with Gasteiger partial charge in [-0.25, -0.2) is 13.1 Å². The molecule has 9 heteroatoms. The van der Waals surface area contributed by atoms with Crippen LogP contribution in [0.15, 0.2) is 29.2 Å². The van der Waals surface area contributed by atoms with Crippen LogP contribution in [0.2, 0.25) is 0 Å². The van der Waals surface area contributed by atoms with Gasteiger partial charge in [0.15, 0.2) is 6.10 Å². The van der Waals surface area contributed by atoms with Crippen LogP contribution in [0.1, 0.15) is 18.3 Å². The van der Waals surface area contributed by atoms with E-state index in [0.29, 0.717) is 18.0 Å². The molecule has 0 bridgehead atoms. The molecule has 0 saturated heterocycles. The maximum Gasteiger partial charge on any atom is 0.265 e. The van der Waals surface area contributed by atoms with Gasteiger partial charge in [0.25, 0.3) is 5.91 Å². The monoisotopic (exact) mass is 364 g/mol. The van der Waals surface area contributed by atoms with Gasteiger partial charge in [0, 0.05) is 12.2 Å². The minimum Gasteiger partial charge on any atom is -0.479 e. The van der Waals surface area contributed by atoms with Crippen LogP contribution in [-0.4, -0.2) is 36.8 Å². The van der Waals surface area contributed by atoms with Gasteiger partial charge in [0.2, 0.25) is 10.0 Å². The van der Waals surface area contributed by atoms with Crippen LogP contribution in [0, 0.1) is 13.8 Å². The number of carbonyl (C=O) groups excluding carboxylic acids is 1. The number of carbonyl (C=O) groups is 1. The first-order chi connectivity index (χ1) is 11.8. The summed E-state index contributed by atoms with van der Waals surface area (Å²) in [5.74, 6) is 0.147. The molecule has 1 aliphatic rings. The number of ether oxygens (including phenoxy) is 1. The maximum absolute atomic E-state index is 12.4. The quantitative estimate of drug-likeness (QED) is 0.830. The van der Waals surface area contributed by atoms with Gasteiger partial charge < -0.3 is 10.1 Å². The van der Waals surface area contributed by atoms with Gasteiger partial charge in [-0.2, -0.15) is 5.10 Å². The molecule has 3 rings (SSSR count). The van der Waals surface area contributed by atoms with Crippen LogP contribution in [0.25, 0.3) is 0 Å². The number of nitrogens with zero attached hydrogens (tertiary/aromatic N) is 2. The molecular weight excluding hydrogens is 344 g/mol. The largest absolute Gasteiger partial charge is 0.479 e. The molecule has 0 radical (unpaired) electrons. The Morgan fingerprint density at radius 3 is 2.76 bits per heavy atom. The molecule has 1 aromatic carbocycles. The fourth-order valence-corrected chi connectivity index (χ4v) is 3.67. The van der Waals surface area contributed by atoms with E-state index in [1.807, 2.05) is 19.9 Å². The van der Waals surface area contributed by atoms with Crippen LogP contribution >= 0.6 is 0 Å². The average molecular weight is 364 g/mol. The Bertz CT molecular complexity index is 920. The molecule has 0 saturated carbocycles. The van der Waals surface area contributed by atoms with E-state index in [4.69, 9.17) is 4.74 Å². The van der Waals surface area contributed by atoms with E-state index in [0.717, 1.165) is 11.4 Å². The summed E-state index contributed by atoms with van der Waals surface area (Å²) in [7, 11) is -3.70. The Morgan fingerprint density at radius 1 is 1.32 bits per heavy atom. The van der Waals surface area contributed by atoms with Gasteiger partial charge in [-0.05, 0) is 45.0 Å². The van der Waals surface area contributed by atoms with Crippen LogP contribution in [0.4, 0.5) is 5.69 Å². The zero-order chi connectivity index (χ0) is 18.2. The zero-order valence-electron chi connectivity index (χ0n) is 14.2. The lowest BCUT2D eigenvalue weighted by molar-refractivity contribution is -0.122. The van der Waals surface area contributed by atoms with Crippen molar-refractivity contribution in [1.82, 2.24) is 14.5 Å². The highest BCUT2D eigenvalue weighted by Crippen LogP contribution is 2.31. The summed E-state index contributed by atoms with van der Waals surface area (Å²) in [6, 6.07) is 6.32. The first-order valence-corrected chi connectivity index (χ1v) is 9.37. The molecular formula is C16H20N4O4S. The highest BCUT2D eigenvalue weighted by atomic mass is 32.2. The minimum absolute atomic E-state index is 0.0677. The molecule has 1 atom stereocenters. The van der Waals surface area contributed by atoms with Gasteiger partial charge in [-0.3, -0.25) is 9.48 Å². The number of benzene rings is 1. The number of aryl methyl sites for hydroxylation is 2. The topological polar surface area (TPSA) is 102 Å². The number of rotatable bonds is 5. The van der Waals surface area contributed by atoms with E-state index in [-0.39, 0.29) is 17.3 Å². The first-order valence-electron chi connectivity index (χ1n) is 7.88. The van der Waals surface area contributed by atoms with Crippen molar-refractivity contribution in [2.75, 3.05) is 11.9 Å². The van der Waals surface area contributed by atoms with E-state index in [1.165, 1.54) is 12.1 Å². The maximum atomic E-state index is 12.4. The molecule has 2 N–H and O–H groups in total. The molecule has 0 fully saturated rings. The normalized spacial score (nSPS) is 16.9. The molecule has 2 aromatic rings. The second-order valence-electron chi connectivity index (χ2n) is 5.96. The Hall–Kier alpha value is -2.39. The van der Waals surface area contributed by atoms with Crippen molar-refractivity contribution in [3.8, 4) is 5.75 Å². The van der Waals surface area contributed by atoms with Gasteiger partial charge >= 0.3 is 0 Å². The lowest BCUT2D eigenvalue weighted by Gasteiger charge is -2.23. The Labute approximate surface area is 146 Å². The highest BCUT2D eigenvalue weighted by Gasteiger charge is 2.25. The van der Waals surface area contributed by atoms with Gasteiger partial charge in [0.1, 0.15) is 5.75 Å². The van der Waals surface area contributed by atoms with E-state index < -0.39 is 16.1 Å². The Kier molecular flexibility index (Phi) is 4.53. The third kappa shape index (κ3) is 3.67. The Balaban J connectivity index is 1.71. The third-order valence-corrected chi connectivity index (χ3v) is 5.37. The van der Waals surface area contributed by atoms with Crippen molar-refractivity contribution in [2.45, 2.75) is 38.3 Å². The number of hydrogen-bond acceptors (Lipinski definition) is 5. The Morgan fingerprint density at radius 2 is 2.08 bits per heavy atom. The molecule has 2 heterocycles. The summed E-state index contributed by atoms with van der Waals surface area (Å²) in [5.41, 5.74) is 2.21. The predicted octanol–water partition coefficient (Wildman–Crippen LogP) is 1.20. The summed E-state index contributed by atoms with van der Waals surface area (Å²) in [5, 5.41) is 6.94. The number of aromatic nitrogens is 2. The smallest absolute Gasteiger partial charge is 0.265 e. The van der Waals surface area contributed by atoms with Gasteiger partial charge in [-0.15, -0.1) is 0 Å². The number of amides is 1. The number of nitrogens with one attached hydrogen (secondary N) is 2. The van der Waals surface area contributed by atoms with Crippen molar-refractivity contribution in [1.29, 1.82) is 0 Å². The highest BCUT2D eigenvalue weighted by molar-refractivity contribution is 7.89. The van der Waals surface area contributed by atoms with Crippen LogP contribution in [0.3, 0.4) is 0 Å². The fourth-order valence-electron chi connectivity index (χ4n) is 2.63. The molecule has 0 aliphatic carbocycles. The standard InChI is InChI=1S/C16H20N4O4S/c1-10-8-11(2)20(19-10)7-6-17-25(22,23)13-4-5-15-14(9-13)18-16(21)12(3)24-15/h4-5,8-9,12,17H,6-7H2,1-3H3,(H,18,21)/t12-/m1/s1. The molecule has 25 heavy (non-hydrogen) atoms. The summed E-state index contributed by atoms with van der Waals surface area (Å²) in [6.45, 7) is 6.08. The summed E-state index contributed by atoms with van der Waals surface area (Å²) in [6.07, 6.45) is -0.603. The zero-order valence-corrected chi connectivity index (χ0v) is 15.1. The van der Waals surface area contributed by atoms with Crippen LogP contribution in [-0.2, 0) is 21.4 Å². The predicted molar refractivity (Wildman–Crippen MR) is 92.1 cm³/mol. The van der Waals surface area contributed by atoms with Crippen molar-refractivity contribution < 1.29 is 17.9 Å². The SMILES string of the molecule is Cc1cc(C)n(CCNS(=O)(=O)c2ccc3c(c2)NC(=O)[C@@H](C)O3)n1. The van der Waals surface area contributed by atoms with Crippen molar-refractivity contribution in [3.63, 3.8) is 0 Å². The molecule has 8 nitrogen and oxygen atoms in total. The number of fused-ring (bicyclic) bond motifs is 1. The first kappa shape index (κ1) is 17.4. The fraction of sp³-hybridized carbons (Fsp3) is 0.375. The van der Waals surface area contributed by atoms with Gasteiger partial charge in [-0.1, -0.05) is 0 Å². The summed E-state index contributed by atoms with van der Waals surface area (Å²) in [4.78, 5) is 11.7. The number of hydrogen-bond donors (Lipinski definition) is 2. The summed E-state index contributed by atoms with van der Waals surface area (Å²) >= 11 is 0. The second kappa shape index (κ2) is 6.49. The van der Waals surface area contributed by atoms with Crippen molar-refractivity contribution in [2.24, 2.45) is 0 Å². The van der Waals surface area contributed by atoms with E-state index in [9.17, 15) is 13.2 Å². The van der Waals surface area contributed by atoms with E-state index >= 15 is 0 Å². The van der Waals surface area contributed by atoms with Crippen molar-refractivity contribution >= 4 is 21.6 Å². The van der Waals surface area contributed by atoms with Crippen LogP contribution < -0.4 is 14.8 Å². The second-order valence-corrected chi connectivity index (χ2v) is 7.72. The molecule has 0 spiro atoms. The average Bonchev–Trinajstić information content (AvgIpc) is 2.85. The molecule has 134 valence electrons. The molecule has 1 aliphatic heterocycles. The van der Waals surface area contributed by atoms with E-state index in [1.54, 1.807) is 17.7 Å². The minimum atomic E-state index is -3.70. The molecule has 0 unspecified atom stereocenters. The molecule has 1 amide bonds. The van der Waals surface area contributed by atoms with Crippen molar-refractivity contribution in [3.05, 3.63) is 35.7 Å². The van der Waals surface area contributed by atoms with E-state index in [2.05, 4.69) is 15.1 Å². The number of anilines is 1.